The van der Waals surface area contributed by atoms with Crippen LogP contribution in [0.3, 0.4) is 0 Å². The van der Waals surface area contributed by atoms with Gasteiger partial charge < -0.3 is 4.90 Å². The van der Waals surface area contributed by atoms with Gasteiger partial charge in [-0.3, -0.25) is 0 Å². The molecule has 0 spiro atoms. The van der Waals surface area contributed by atoms with Gasteiger partial charge in [0.25, 0.3) is 0 Å². The van der Waals surface area contributed by atoms with Gasteiger partial charge in [0, 0.05) is 26.8 Å². The minimum absolute atomic E-state index is 1.11. The molecule has 0 N–H and O–H groups in total. The molecule has 1 nitrogen and oxygen atoms in total. The lowest BCUT2D eigenvalue weighted by Gasteiger charge is -2.26. The van der Waals surface area contributed by atoms with Crippen molar-refractivity contribution in [3.63, 3.8) is 0 Å². The first-order valence-electron chi connectivity index (χ1n) is 19.8. The molecule has 0 saturated carbocycles. The van der Waals surface area contributed by atoms with E-state index in [4.69, 9.17) is 0 Å². The SMILES string of the molecule is c1ccc(-c2ccc(N(c3ccc(-c4cc5ccccc5c5ccccc45)cc3)c3cccc4c3sc3c(-c5ccccc5)ccc(-c5ccccc5)c34)cc2)cc1. The molecule has 0 aliphatic heterocycles. The fourth-order valence-electron chi connectivity index (χ4n) is 8.71. The van der Waals surface area contributed by atoms with Gasteiger partial charge in [-0.1, -0.05) is 188 Å². The fourth-order valence-corrected chi connectivity index (χ4v) is 10.1. The van der Waals surface area contributed by atoms with Gasteiger partial charge in [0.1, 0.15) is 0 Å². The number of hydrogen-bond acceptors (Lipinski definition) is 2. The topological polar surface area (TPSA) is 3.24 Å². The fraction of sp³-hybridized carbons (Fsp3) is 0. The summed E-state index contributed by atoms with van der Waals surface area (Å²) in [6, 6.07) is 81.8. The zero-order valence-electron chi connectivity index (χ0n) is 31.7. The average Bonchev–Trinajstić information content (AvgIpc) is 3.71. The predicted molar refractivity (Wildman–Crippen MR) is 251 cm³/mol. The van der Waals surface area contributed by atoms with Gasteiger partial charge >= 0.3 is 0 Å². The molecule has 272 valence electrons. The van der Waals surface area contributed by atoms with Crippen LogP contribution in [0.5, 0.6) is 0 Å². The first kappa shape index (κ1) is 34.0. The molecule has 0 bridgehead atoms. The van der Waals surface area contributed by atoms with E-state index in [0.717, 1.165) is 17.1 Å². The van der Waals surface area contributed by atoms with Crippen LogP contribution in [0, 0.1) is 0 Å². The maximum absolute atomic E-state index is 2.44. The molecule has 11 rings (SSSR count). The van der Waals surface area contributed by atoms with E-state index in [2.05, 4.69) is 229 Å². The summed E-state index contributed by atoms with van der Waals surface area (Å²) in [6.45, 7) is 0. The summed E-state index contributed by atoms with van der Waals surface area (Å²) in [7, 11) is 0. The molecule has 1 heterocycles. The van der Waals surface area contributed by atoms with E-state index >= 15 is 0 Å². The zero-order chi connectivity index (χ0) is 38.4. The maximum atomic E-state index is 2.44. The van der Waals surface area contributed by atoms with Crippen molar-refractivity contribution >= 4 is 70.1 Å². The van der Waals surface area contributed by atoms with E-state index in [1.165, 1.54) is 86.2 Å². The highest BCUT2D eigenvalue weighted by Gasteiger charge is 2.22. The molecule has 0 aliphatic rings. The van der Waals surface area contributed by atoms with Crippen LogP contribution < -0.4 is 4.90 Å². The zero-order valence-corrected chi connectivity index (χ0v) is 32.5. The van der Waals surface area contributed by atoms with Gasteiger partial charge in [0.05, 0.1) is 10.4 Å². The second kappa shape index (κ2) is 14.4. The van der Waals surface area contributed by atoms with Crippen molar-refractivity contribution < 1.29 is 0 Å². The molecule has 10 aromatic carbocycles. The summed E-state index contributed by atoms with van der Waals surface area (Å²) >= 11 is 1.90. The van der Waals surface area contributed by atoms with Crippen LogP contribution in [0.2, 0.25) is 0 Å². The second-order valence-electron chi connectivity index (χ2n) is 14.8. The Balaban J connectivity index is 1.12. The van der Waals surface area contributed by atoms with Gasteiger partial charge in [0.2, 0.25) is 0 Å². The lowest BCUT2D eigenvalue weighted by Crippen LogP contribution is -2.10. The van der Waals surface area contributed by atoms with Crippen molar-refractivity contribution in [2.24, 2.45) is 0 Å². The normalized spacial score (nSPS) is 11.4. The predicted octanol–water partition coefficient (Wildman–Crippen LogP) is 16.5. The number of anilines is 3. The minimum Gasteiger partial charge on any atom is -0.309 e. The molecule has 1 aromatic heterocycles. The number of fused-ring (bicyclic) bond motifs is 6. The smallest absolute Gasteiger partial charge is 0.0640 e. The van der Waals surface area contributed by atoms with Crippen molar-refractivity contribution in [1.29, 1.82) is 0 Å². The largest absolute Gasteiger partial charge is 0.309 e. The maximum Gasteiger partial charge on any atom is 0.0640 e. The molecule has 0 radical (unpaired) electrons. The highest BCUT2D eigenvalue weighted by atomic mass is 32.1. The van der Waals surface area contributed by atoms with Crippen molar-refractivity contribution in [1.82, 2.24) is 0 Å². The van der Waals surface area contributed by atoms with Crippen LogP contribution in [0.15, 0.2) is 224 Å². The number of thiophene rings is 1. The summed E-state index contributed by atoms with van der Waals surface area (Å²) in [5.41, 5.74) is 13.2. The van der Waals surface area contributed by atoms with Crippen molar-refractivity contribution in [3.05, 3.63) is 224 Å². The van der Waals surface area contributed by atoms with E-state index in [0.29, 0.717) is 0 Å². The summed E-state index contributed by atoms with van der Waals surface area (Å²) in [5.74, 6) is 0. The number of benzene rings is 10. The van der Waals surface area contributed by atoms with Gasteiger partial charge in [0.15, 0.2) is 0 Å². The van der Waals surface area contributed by atoms with Gasteiger partial charge in [-0.25, -0.2) is 0 Å². The summed E-state index contributed by atoms with van der Waals surface area (Å²) in [4.78, 5) is 2.44. The van der Waals surface area contributed by atoms with Crippen LogP contribution in [0.4, 0.5) is 17.1 Å². The Morgan fingerprint density at radius 3 is 1.45 bits per heavy atom. The highest BCUT2D eigenvalue weighted by Crippen LogP contribution is 2.50. The summed E-state index contributed by atoms with van der Waals surface area (Å²) in [5, 5.41) is 7.64. The Morgan fingerprint density at radius 1 is 0.293 bits per heavy atom. The van der Waals surface area contributed by atoms with Crippen LogP contribution in [0.1, 0.15) is 0 Å². The summed E-state index contributed by atoms with van der Waals surface area (Å²) in [6.07, 6.45) is 0. The molecule has 0 atom stereocenters. The van der Waals surface area contributed by atoms with Gasteiger partial charge in [-0.15, -0.1) is 11.3 Å². The third-order valence-electron chi connectivity index (χ3n) is 11.5. The van der Waals surface area contributed by atoms with Crippen molar-refractivity contribution in [3.8, 4) is 44.5 Å². The van der Waals surface area contributed by atoms with E-state index < -0.39 is 0 Å². The van der Waals surface area contributed by atoms with E-state index in [1.807, 2.05) is 11.3 Å². The Hall–Kier alpha value is -7.26. The van der Waals surface area contributed by atoms with Crippen molar-refractivity contribution in [2.45, 2.75) is 0 Å². The van der Waals surface area contributed by atoms with Gasteiger partial charge in [-0.05, 0) is 102 Å². The third-order valence-corrected chi connectivity index (χ3v) is 12.7. The second-order valence-corrected chi connectivity index (χ2v) is 15.9. The molecule has 0 aliphatic carbocycles. The lowest BCUT2D eigenvalue weighted by molar-refractivity contribution is 1.30. The van der Waals surface area contributed by atoms with Gasteiger partial charge in [-0.2, -0.15) is 0 Å². The van der Waals surface area contributed by atoms with Crippen LogP contribution >= 0.6 is 11.3 Å². The molecule has 2 heteroatoms. The van der Waals surface area contributed by atoms with E-state index in [-0.39, 0.29) is 0 Å². The molecule has 58 heavy (non-hydrogen) atoms. The Kier molecular flexibility index (Phi) is 8.42. The Morgan fingerprint density at radius 2 is 0.776 bits per heavy atom. The third kappa shape index (κ3) is 5.86. The Labute approximate surface area is 342 Å². The quantitative estimate of drug-likeness (QED) is 0.146. The van der Waals surface area contributed by atoms with Crippen LogP contribution in [0.25, 0.3) is 86.2 Å². The Bertz CT molecular complexity index is 3240. The van der Waals surface area contributed by atoms with Crippen LogP contribution in [-0.4, -0.2) is 0 Å². The standard InChI is InChI=1S/C56H37NS/c1-4-15-38(16-5-1)39-27-31-44(32-28-39)57(45-33-29-42(30-34-45)52-37-43-21-10-11-22-46(43)49-23-12-13-24-50(49)52)53-26-14-25-51-54-47(40-17-6-2-7-18-40)35-36-48(56(54)58-55(51)53)41-19-8-3-9-20-41/h1-37H. The van der Waals surface area contributed by atoms with E-state index in [1.54, 1.807) is 0 Å². The highest BCUT2D eigenvalue weighted by molar-refractivity contribution is 7.27. The van der Waals surface area contributed by atoms with Crippen LogP contribution in [-0.2, 0) is 0 Å². The molecule has 11 aromatic rings. The molecule has 0 amide bonds. The van der Waals surface area contributed by atoms with E-state index in [9.17, 15) is 0 Å². The lowest BCUT2D eigenvalue weighted by atomic mass is 9.93. The molecular weight excluding hydrogens is 719 g/mol. The number of hydrogen-bond donors (Lipinski definition) is 0. The first-order chi connectivity index (χ1) is 28.8. The average molecular weight is 756 g/mol. The molecule has 0 saturated heterocycles. The number of nitrogens with zero attached hydrogens (tertiary/aromatic N) is 1. The summed E-state index contributed by atoms with van der Waals surface area (Å²) < 4.78 is 2.56. The number of rotatable bonds is 7. The first-order valence-corrected chi connectivity index (χ1v) is 20.7. The minimum atomic E-state index is 1.11. The molecular formula is C56H37NS. The van der Waals surface area contributed by atoms with Crippen molar-refractivity contribution in [2.75, 3.05) is 4.90 Å². The molecule has 0 fully saturated rings. The monoisotopic (exact) mass is 755 g/mol. The molecule has 0 unspecified atom stereocenters.